The third-order valence-corrected chi connectivity index (χ3v) is 4.12. The molecule has 1 fully saturated rings. The molecule has 112 valence electrons. The van der Waals surface area contributed by atoms with Crippen LogP contribution in [-0.4, -0.2) is 31.6 Å². The normalized spacial score (nSPS) is 20.1. The number of nitrogens with zero attached hydrogens (tertiary/aromatic N) is 1. The Bertz CT molecular complexity index is 462. The first kappa shape index (κ1) is 15.3. The number of ether oxygens (including phenoxy) is 1. The van der Waals surface area contributed by atoms with Crippen LogP contribution in [0.3, 0.4) is 0 Å². The Morgan fingerprint density at radius 2 is 2.20 bits per heavy atom. The average molecular weight is 280 g/mol. The largest absolute Gasteiger partial charge is 0.496 e. The van der Waals surface area contributed by atoms with Crippen molar-refractivity contribution in [3.63, 3.8) is 0 Å². The summed E-state index contributed by atoms with van der Waals surface area (Å²) in [7, 11) is 1.55. The van der Waals surface area contributed by atoms with Crippen molar-refractivity contribution in [2.75, 3.05) is 26.7 Å². The van der Waals surface area contributed by atoms with Crippen LogP contribution < -0.4 is 10.5 Å². The first-order valence-corrected chi connectivity index (χ1v) is 7.23. The van der Waals surface area contributed by atoms with Crippen molar-refractivity contribution in [1.29, 1.82) is 0 Å². The minimum absolute atomic E-state index is 0.279. The summed E-state index contributed by atoms with van der Waals surface area (Å²) in [5.41, 5.74) is 7.05. The van der Waals surface area contributed by atoms with Gasteiger partial charge in [-0.05, 0) is 43.5 Å². The predicted octanol–water partition coefficient (Wildman–Crippen LogP) is 2.96. The lowest BCUT2D eigenvalue weighted by molar-refractivity contribution is 0.279. The molecule has 1 aliphatic heterocycles. The average Bonchev–Trinajstić information content (AvgIpc) is 2.75. The Hall–Kier alpha value is -1.13. The van der Waals surface area contributed by atoms with E-state index in [9.17, 15) is 4.39 Å². The number of hydrogen-bond donors (Lipinski definition) is 1. The fourth-order valence-electron chi connectivity index (χ4n) is 2.94. The molecule has 0 spiro atoms. The number of nitrogens with two attached hydrogens (primary N) is 1. The molecule has 1 heterocycles. The summed E-state index contributed by atoms with van der Waals surface area (Å²) in [5, 5.41) is 0. The van der Waals surface area contributed by atoms with Gasteiger partial charge in [-0.25, -0.2) is 4.39 Å². The molecule has 1 aromatic rings. The van der Waals surface area contributed by atoms with Gasteiger partial charge in [-0.2, -0.15) is 0 Å². The molecule has 0 saturated carbocycles. The van der Waals surface area contributed by atoms with Gasteiger partial charge in [-0.1, -0.05) is 19.9 Å². The van der Waals surface area contributed by atoms with E-state index < -0.39 is 0 Å². The molecule has 2 N–H and O–H groups in total. The quantitative estimate of drug-likeness (QED) is 0.901. The van der Waals surface area contributed by atoms with Gasteiger partial charge in [0.15, 0.2) is 0 Å². The minimum Gasteiger partial charge on any atom is -0.496 e. The molecular formula is C16H25FN2O. The number of benzene rings is 1. The maximum Gasteiger partial charge on any atom is 0.131 e. The van der Waals surface area contributed by atoms with Crippen LogP contribution >= 0.6 is 0 Å². The van der Waals surface area contributed by atoms with Crippen molar-refractivity contribution in [1.82, 2.24) is 4.90 Å². The van der Waals surface area contributed by atoms with E-state index in [-0.39, 0.29) is 11.9 Å². The maximum absolute atomic E-state index is 13.9. The third-order valence-electron chi connectivity index (χ3n) is 4.12. The van der Waals surface area contributed by atoms with E-state index in [1.54, 1.807) is 19.2 Å². The summed E-state index contributed by atoms with van der Waals surface area (Å²) in [6, 6.07) is 4.52. The Kier molecular flexibility index (Phi) is 4.66. The van der Waals surface area contributed by atoms with Crippen molar-refractivity contribution in [3.05, 3.63) is 29.6 Å². The van der Waals surface area contributed by atoms with E-state index in [0.29, 0.717) is 16.7 Å². The van der Waals surface area contributed by atoms with Crippen molar-refractivity contribution < 1.29 is 9.13 Å². The monoisotopic (exact) mass is 280 g/mol. The lowest BCUT2D eigenvalue weighted by atomic mass is 9.93. The van der Waals surface area contributed by atoms with Crippen molar-refractivity contribution in [2.24, 2.45) is 11.1 Å². The van der Waals surface area contributed by atoms with E-state index in [4.69, 9.17) is 10.5 Å². The molecule has 0 aliphatic carbocycles. The fourth-order valence-corrected chi connectivity index (χ4v) is 2.94. The van der Waals surface area contributed by atoms with Gasteiger partial charge in [0.25, 0.3) is 0 Å². The first-order chi connectivity index (χ1) is 9.43. The molecular weight excluding hydrogens is 255 g/mol. The van der Waals surface area contributed by atoms with Gasteiger partial charge in [0.05, 0.1) is 7.11 Å². The Labute approximate surface area is 120 Å². The van der Waals surface area contributed by atoms with Crippen LogP contribution in [0.2, 0.25) is 0 Å². The summed E-state index contributed by atoms with van der Waals surface area (Å²) in [6.07, 6.45) is 1.96. The van der Waals surface area contributed by atoms with Crippen molar-refractivity contribution in [3.8, 4) is 5.75 Å². The summed E-state index contributed by atoms with van der Waals surface area (Å²) in [6.45, 7) is 7.67. The van der Waals surface area contributed by atoms with E-state index >= 15 is 0 Å². The van der Waals surface area contributed by atoms with Gasteiger partial charge in [-0.15, -0.1) is 0 Å². The van der Waals surface area contributed by atoms with E-state index in [2.05, 4.69) is 18.7 Å². The molecule has 1 atom stereocenters. The smallest absolute Gasteiger partial charge is 0.131 e. The zero-order valence-corrected chi connectivity index (χ0v) is 12.7. The van der Waals surface area contributed by atoms with Crippen LogP contribution in [0, 0.1) is 11.2 Å². The summed E-state index contributed by atoms with van der Waals surface area (Å²) in [5.74, 6) is 0.262. The van der Waals surface area contributed by atoms with Gasteiger partial charge in [0.1, 0.15) is 11.6 Å². The fraction of sp³-hybridized carbons (Fsp3) is 0.625. The molecule has 20 heavy (non-hydrogen) atoms. The first-order valence-electron chi connectivity index (χ1n) is 7.23. The highest BCUT2D eigenvalue weighted by Gasteiger charge is 2.29. The minimum atomic E-state index is -0.324. The SMILES string of the molecule is COc1cccc(F)c1C(N)CCN1CCC(C)(C)C1. The molecule has 0 amide bonds. The molecule has 1 unspecified atom stereocenters. The lowest BCUT2D eigenvalue weighted by Crippen LogP contribution is -2.27. The number of halogens is 1. The topological polar surface area (TPSA) is 38.5 Å². The van der Waals surface area contributed by atoms with Gasteiger partial charge < -0.3 is 15.4 Å². The van der Waals surface area contributed by atoms with Crippen LogP contribution in [0.5, 0.6) is 5.75 Å². The van der Waals surface area contributed by atoms with E-state index in [1.165, 1.54) is 12.5 Å². The Balaban J connectivity index is 1.97. The van der Waals surface area contributed by atoms with Crippen LogP contribution in [0.1, 0.15) is 38.3 Å². The van der Waals surface area contributed by atoms with E-state index in [0.717, 1.165) is 26.1 Å². The molecule has 4 heteroatoms. The molecule has 0 aromatic heterocycles. The van der Waals surface area contributed by atoms with Gasteiger partial charge >= 0.3 is 0 Å². The molecule has 2 rings (SSSR count). The van der Waals surface area contributed by atoms with Gasteiger partial charge in [0.2, 0.25) is 0 Å². The molecule has 1 saturated heterocycles. The van der Waals surface area contributed by atoms with Crippen LogP contribution in [0.4, 0.5) is 4.39 Å². The second-order valence-electron chi connectivity index (χ2n) is 6.44. The molecule has 1 aliphatic rings. The second kappa shape index (κ2) is 6.10. The standard InChI is InChI=1S/C16H25FN2O/c1-16(2)8-10-19(11-16)9-7-13(18)15-12(17)5-4-6-14(15)20-3/h4-6,13H,7-11,18H2,1-3H3. The molecule has 0 bridgehead atoms. The highest BCUT2D eigenvalue weighted by molar-refractivity contribution is 5.37. The predicted molar refractivity (Wildman–Crippen MR) is 79.3 cm³/mol. The Morgan fingerprint density at radius 3 is 2.80 bits per heavy atom. The summed E-state index contributed by atoms with van der Waals surface area (Å²) < 4.78 is 19.2. The van der Waals surface area contributed by atoms with Crippen LogP contribution in [0.25, 0.3) is 0 Å². The lowest BCUT2D eigenvalue weighted by Gasteiger charge is -2.22. The third kappa shape index (κ3) is 3.49. The summed E-state index contributed by atoms with van der Waals surface area (Å²) in [4.78, 5) is 2.41. The number of rotatable bonds is 5. The van der Waals surface area contributed by atoms with Crippen LogP contribution in [0.15, 0.2) is 18.2 Å². The number of hydrogen-bond acceptors (Lipinski definition) is 3. The second-order valence-corrected chi connectivity index (χ2v) is 6.44. The molecule has 1 aromatic carbocycles. The van der Waals surface area contributed by atoms with Crippen molar-refractivity contribution >= 4 is 0 Å². The molecule has 3 nitrogen and oxygen atoms in total. The Morgan fingerprint density at radius 1 is 1.45 bits per heavy atom. The summed E-state index contributed by atoms with van der Waals surface area (Å²) >= 11 is 0. The maximum atomic E-state index is 13.9. The number of likely N-dealkylation sites (tertiary alicyclic amines) is 1. The highest BCUT2D eigenvalue weighted by atomic mass is 19.1. The number of methoxy groups -OCH3 is 1. The molecule has 0 radical (unpaired) electrons. The van der Waals surface area contributed by atoms with Gasteiger partial charge in [-0.3, -0.25) is 0 Å². The highest BCUT2D eigenvalue weighted by Crippen LogP contribution is 2.31. The van der Waals surface area contributed by atoms with Crippen molar-refractivity contribution in [2.45, 2.75) is 32.7 Å². The zero-order valence-electron chi connectivity index (χ0n) is 12.7. The zero-order chi connectivity index (χ0) is 14.8. The van der Waals surface area contributed by atoms with Crippen LogP contribution in [-0.2, 0) is 0 Å². The van der Waals surface area contributed by atoms with Gasteiger partial charge in [0, 0.05) is 18.2 Å². The van der Waals surface area contributed by atoms with E-state index in [1.807, 2.05) is 0 Å².